The van der Waals surface area contributed by atoms with Crippen molar-refractivity contribution in [2.45, 2.75) is 26.1 Å². The molecule has 18 heavy (non-hydrogen) atoms. The molecule has 0 aromatic heterocycles. The van der Waals surface area contributed by atoms with Gasteiger partial charge in [-0.1, -0.05) is 31.2 Å². The minimum atomic E-state index is -1.05. The minimum Gasteiger partial charge on any atom is -0.370 e. The third-order valence-corrected chi connectivity index (χ3v) is 2.64. The zero-order valence-corrected chi connectivity index (χ0v) is 10.7. The van der Waals surface area contributed by atoms with Gasteiger partial charge in [0.05, 0.1) is 6.54 Å². The Balaban J connectivity index is 2.22. The second-order valence-corrected chi connectivity index (χ2v) is 4.19. The summed E-state index contributed by atoms with van der Waals surface area (Å²) >= 11 is 0. The highest BCUT2D eigenvalue weighted by Gasteiger charge is 2.05. The van der Waals surface area contributed by atoms with Crippen LogP contribution < -0.4 is 16.4 Å². The van der Waals surface area contributed by atoms with Gasteiger partial charge in [0.1, 0.15) is 6.17 Å². The molecule has 0 spiro atoms. The van der Waals surface area contributed by atoms with Crippen LogP contribution in [0.3, 0.4) is 0 Å². The van der Waals surface area contributed by atoms with Gasteiger partial charge in [0, 0.05) is 13.1 Å². The molecule has 0 aliphatic rings. The number of hydrogen-bond acceptors (Lipinski definition) is 2. The quantitative estimate of drug-likeness (QED) is 0.434. The van der Waals surface area contributed by atoms with E-state index >= 15 is 0 Å². The van der Waals surface area contributed by atoms with Crippen LogP contribution in [0.1, 0.15) is 18.1 Å². The van der Waals surface area contributed by atoms with E-state index in [0.29, 0.717) is 6.54 Å². The summed E-state index contributed by atoms with van der Waals surface area (Å²) in [5.74, 6) is -0.201. The van der Waals surface area contributed by atoms with Crippen molar-refractivity contribution in [3.8, 4) is 0 Å². The van der Waals surface area contributed by atoms with Gasteiger partial charge in [-0.05, 0) is 17.5 Å². The maximum Gasteiger partial charge on any atom is 0.185 e. The number of halogens is 1. The summed E-state index contributed by atoms with van der Waals surface area (Å²) < 4.78 is 13.3. The molecular weight excluding hydrogens is 231 g/mol. The summed E-state index contributed by atoms with van der Waals surface area (Å²) in [6.45, 7) is 3.07. The first-order valence-electron chi connectivity index (χ1n) is 6.12. The predicted octanol–water partition coefficient (Wildman–Crippen LogP) is 1.16. The number of guanidine groups is 1. The van der Waals surface area contributed by atoms with Crippen LogP contribution in [0.5, 0.6) is 0 Å². The summed E-state index contributed by atoms with van der Waals surface area (Å²) in [5, 5.41) is 12.4. The highest BCUT2D eigenvalue weighted by atomic mass is 19.1. The molecule has 0 saturated heterocycles. The molecule has 1 aromatic rings. The monoisotopic (exact) mass is 252 g/mol. The van der Waals surface area contributed by atoms with Crippen LogP contribution in [-0.4, -0.2) is 25.2 Å². The van der Waals surface area contributed by atoms with Crippen LogP contribution in [0.2, 0.25) is 0 Å². The summed E-state index contributed by atoms with van der Waals surface area (Å²) in [7, 11) is 0. The highest BCUT2D eigenvalue weighted by molar-refractivity contribution is 5.74. The number of hydrogen-bond donors (Lipinski definition) is 4. The molecule has 0 fully saturated rings. The Bertz CT molecular complexity index is 364. The van der Waals surface area contributed by atoms with Gasteiger partial charge >= 0.3 is 0 Å². The van der Waals surface area contributed by atoms with E-state index in [0.717, 1.165) is 12.0 Å². The number of nitrogens with one attached hydrogen (secondary N) is 3. The van der Waals surface area contributed by atoms with Crippen LogP contribution >= 0.6 is 0 Å². The molecule has 0 bridgehead atoms. The number of rotatable bonds is 7. The van der Waals surface area contributed by atoms with Crippen molar-refractivity contribution in [3.05, 3.63) is 35.4 Å². The van der Waals surface area contributed by atoms with Crippen molar-refractivity contribution in [1.82, 2.24) is 10.6 Å². The number of alkyl halides is 1. The van der Waals surface area contributed by atoms with E-state index in [-0.39, 0.29) is 19.0 Å². The molecule has 0 amide bonds. The Morgan fingerprint density at radius 2 is 1.89 bits per heavy atom. The second-order valence-electron chi connectivity index (χ2n) is 4.19. The van der Waals surface area contributed by atoms with E-state index in [2.05, 4.69) is 29.7 Å². The summed E-state index contributed by atoms with van der Waals surface area (Å²) in [4.78, 5) is 0. The lowest BCUT2D eigenvalue weighted by molar-refractivity contribution is 0.317. The van der Waals surface area contributed by atoms with Crippen molar-refractivity contribution < 1.29 is 4.39 Å². The van der Waals surface area contributed by atoms with E-state index in [1.807, 2.05) is 12.1 Å². The van der Waals surface area contributed by atoms with Crippen molar-refractivity contribution >= 4 is 5.96 Å². The lowest BCUT2D eigenvalue weighted by Crippen LogP contribution is -2.38. The number of aryl methyl sites for hydroxylation is 1. The number of nitrogens with two attached hydrogens (primary N) is 1. The Hall–Kier alpha value is -1.62. The maximum absolute atomic E-state index is 13.3. The lowest BCUT2D eigenvalue weighted by atomic mass is 10.1. The molecular formula is C13H21FN4. The van der Waals surface area contributed by atoms with Crippen LogP contribution in [-0.2, 0) is 13.0 Å². The summed E-state index contributed by atoms with van der Waals surface area (Å²) in [5.41, 5.74) is 7.51. The van der Waals surface area contributed by atoms with Gasteiger partial charge in [0.25, 0.3) is 0 Å². The first-order valence-corrected chi connectivity index (χ1v) is 6.12. The van der Waals surface area contributed by atoms with E-state index in [1.165, 1.54) is 5.56 Å². The number of benzene rings is 1. The first kappa shape index (κ1) is 14.4. The maximum atomic E-state index is 13.3. The first-order chi connectivity index (χ1) is 8.61. The van der Waals surface area contributed by atoms with Crippen molar-refractivity contribution in [2.24, 2.45) is 5.73 Å². The third-order valence-electron chi connectivity index (χ3n) is 2.64. The van der Waals surface area contributed by atoms with Crippen molar-refractivity contribution in [1.29, 1.82) is 5.41 Å². The van der Waals surface area contributed by atoms with Gasteiger partial charge in [-0.2, -0.15) is 0 Å². The third kappa shape index (κ3) is 5.63. The molecule has 0 radical (unpaired) electrons. The smallest absolute Gasteiger partial charge is 0.185 e. The normalized spacial score (nSPS) is 12.1. The zero-order chi connectivity index (χ0) is 13.4. The Morgan fingerprint density at radius 3 is 2.44 bits per heavy atom. The minimum absolute atomic E-state index is 0.0666. The summed E-state index contributed by atoms with van der Waals surface area (Å²) in [6.07, 6.45) is -0.0272. The molecule has 5 heteroatoms. The van der Waals surface area contributed by atoms with Gasteiger partial charge < -0.3 is 16.4 Å². The summed E-state index contributed by atoms with van der Waals surface area (Å²) in [6, 6.07) is 8.27. The Kier molecular flexibility index (Phi) is 6.14. The average molecular weight is 252 g/mol. The lowest BCUT2D eigenvalue weighted by Gasteiger charge is -2.11. The molecule has 100 valence electrons. The van der Waals surface area contributed by atoms with Crippen molar-refractivity contribution in [2.75, 3.05) is 13.1 Å². The molecule has 1 rings (SSSR count). The van der Waals surface area contributed by atoms with Gasteiger partial charge in [0.2, 0.25) is 0 Å². The average Bonchev–Trinajstić information content (AvgIpc) is 2.37. The topological polar surface area (TPSA) is 73.9 Å². The fourth-order valence-electron chi connectivity index (χ4n) is 1.56. The molecule has 0 aliphatic heterocycles. The highest BCUT2D eigenvalue weighted by Crippen LogP contribution is 2.04. The van der Waals surface area contributed by atoms with Crippen LogP contribution in [0.25, 0.3) is 0 Å². The predicted molar refractivity (Wildman–Crippen MR) is 72.3 cm³/mol. The molecule has 1 aromatic carbocycles. The van der Waals surface area contributed by atoms with E-state index in [4.69, 9.17) is 11.1 Å². The zero-order valence-electron chi connectivity index (χ0n) is 10.7. The van der Waals surface area contributed by atoms with Gasteiger partial charge in [0.15, 0.2) is 5.96 Å². The Morgan fingerprint density at radius 1 is 1.28 bits per heavy atom. The Labute approximate surface area is 107 Å². The van der Waals surface area contributed by atoms with E-state index in [1.54, 1.807) is 0 Å². The van der Waals surface area contributed by atoms with Crippen molar-refractivity contribution in [3.63, 3.8) is 0 Å². The standard InChI is InChI=1S/C13H21FN4/c1-2-10-3-5-11(6-4-10)7-17-8-12(14)9-18-13(15)16/h3-6,12,17H,2,7-9H2,1H3,(H4,15,16,18). The fourth-order valence-corrected chi connectivity index (χ4v) is 1.56. The molecule has 4 nitrogen and oxygen atoms in total. The molecule has 0 saturated carbocycles. The SMILES string of the molecule is CCc1ccc(CNCC(F)CNC(=N)N)cc1. The second kappa shape index (κ2) is 7.66. The van der Waals surface area contributed by atoms with Gasteiger partial charge in [-0.15, -0.1) is 0 Å². The van der Waals surface area contributed by atoms with Crippen LogP contribution in [0, 0.1) is 5.41 Å². The van der Waals surface area contributed by atoms with E-state index < -0.39 is 6.17 Å². The van der Waals surface area contributed by atoms with Crippen LogP contribution in [0.15, 0.2) is 24.3 Å². The largest absolute Gasteiger partial charge is 0.370 e. The molecule has 0 aliphatic carbocycles. The van der Waals surface area contributed by atoms with E-state index in [9.17, 15) is 4.39 Å². The van der Waals surface area contributed by atoms with Gasteiger partial charge in [-0.3, -0.25) is 5.41 Å². The fraction of sp³-hybridized carbons (Fsp3) is 0.462. The molecule has 5 N–H and O–H groups in total. The molecule has 1 unspecified atom stereocenters. The van der Waals surface area contributed by atoms with Crippen LogP contribution in [0.4, 0.5) is 4.39 Å². The molecule has 1 atom stereocenters. The van der Waals surface area contributed by atoms with Gasteiger partial charge in [-0.25, -0.2) is 4.39 Å². The molecule has 0 heterocycles.